The molecular weight excluding hydrogens is 427 g/mol. The fourth-order valence-electron chi connectivity index (χ4n) is 2.82. The van der Waals surface area contributed by atoms with Gasteiger partial charge in [0, 0.05) is 23.6 Å². The molecule has 0 radical (unpaired) electrons. The van der Waals surface area contributed by atoms with Crippen LogP contribution in [-0.4, -0.2) is 36.4 Å². The summed E-state index contributed by atoms with van der Waals surface area (Å²) >= 11 is 3.49. The molecule has 7 heteroatoms. The third-order valence-corrected chi connectivity index (χ3v) is 5.74. The fraction of sp³-hybridized carbons (Fsp3) is 0.333. The second-order valence-corrected chi connectivity index (χ2v) is 7.36. The molecule has 0 bridgehead atoms. The van der Waals surface area contributed by atoms with Crippen LogP contribution in [0.2, 0.25) is 0 Å². The van der Waals surface area contributed by atoms with Gasteiger partial charge in [-0.15, -0.1) is 0 Å². The largest absolute Gasteiger partial charge is 0.484 e. The predicted octanol–water partition coefficient (Wildman–Crippen LogP) is 3.75. The summed E-state index contributed by atoms with van der Waals surface area (Å²) < 4.78 is 20.7. The molecule has 0 aliphatic rings. The van der Waals surface area contributed by atoms with Crippen LogP contribution in [0.4, 0.5) is 4.39 Å². The number of amides is 2. The van der Waals surface area contributed by atoms with Crippen LogP contribution in [0.5, 0.6) is 5.75 Å². The third kappa shape index (κ3) is 5.32. The SMILES string of the molecule is CNC(=O)[C@H](C)N(Cc1ccccc1F)C(=O)COc1cc(C)c(Br)c(C)c1. The first-order valence-electron chi connectivity index (χ1n) is 8.88. The Morgan fingerprint density at radius 2 is 1.82 bits per heavy atom. The number of aryl methyl sites for hydroxylation is 2. The van der Waals surface area contributed by atoms with Crippen LogP contribution in [0, 0.1) is 19.7 Å². The summed E-state index contributed by atoms with van der Waals surface area (Å²) in [5.41, 5.74) is 2.32. The number of likely N-dealkylation sites (N-methyl/N-ethyl adjacent to an activating group) is 1. The van der Waals surface area contributed by atoms with Crippen LogP contribution < -0.4 is 10.1 Å². The number of carbonyl (C=O) groups excluding carboxylic acids is 2. The molecule has 0 spiro atoms. The van der Waals surface area contributed by atoms with Gasteiger partial charge in [-0.25, -0.2) is 4.39 Å². The van der Waals surface area contributed by atoms with E-state index in [2.05, 4.69) is 21.2 Å². The van der Waals surface area contributed by atoms with Gasteiger partial charge in [-0.05, 0) is 50.1 Å². The molecule has 0 heterocycles. The standard InChI is InChI=1S/C21H24BrFN2O3/c1-13-9-17(10-14(2)20(13)22)28-12-19(26)25(15(3)21(27)24-4)11-16-7-5-6-8-18(16)23/h5-10,15H,11-12H2,1-4H3,(H,24,27)/t15-/m0/s1. The number of ether oxygens (including phenoxy) is 1. The van der Waals surface area contributed by atoms with Crippen molar-refractivity contribution >= 4 is 27.7 Å². The van der Waals surface area contributed by atoms with Crippen molar-refractivity contribution in [3.05, 3.63) is 63.4 Å². The molecule has 1 atom stereocenters. The number of hydrogen-bond acceptors (Lipinski definition) is 3. The van der Waals surface area contributed by atoms with Gasteiger partial charge in [-0.2, -0.15) is 0 Å². The lowest BCUT2D eigenvalue weighted by atomic mass is 10.1. The van der Waals surface area contributed by atoms with Crippen molar-refractivity contribution in [3.8, 4) is 5.75 Å². The van der Waals surface area contributed by atoms with E-state index in [0.29, 0.717) is 11.3 Å². The van der Waals surface area contributed by atoms with E-state index in [1.807, 2.05) is 26.0 Å². The van der Waals surface area contributed by atoms with Crippen LogP contribution >= 0.6 is 15.9 Å². The smallest absolute Gasteiger partial charge is 0.261 e. The molecule has 0 fully saturated rings. The molecule has 0 saturated heterocycles. The average molecular weight is 451 g/mol. The minimum absolute atomic E-state index is 0.0259. The van der Waals surface area contributed by atoms with E-state index in [0.717, 1.165) is 15.6 Å². The molecule has 1 N–H and O–H groups in total. The van der Waals surface area contributed by atoms with Crippen molar-refractivity contribution in [1.29, 1.82) is 0 Å². The minimum atomic E-state index is -0.769. The zero-order valence-electron chi connectivity index (χ0n) is 16.4. The average Bonchev–Trinajstić information content (AvgIpc) is 2.68. The summed E-state index contributed by atoms with van der Waals surface area (Å²) in [4.78, 5) is 26.2. The van der Waals surface area contributed by atoms with Crippen LogP contribution in [0.1, 0.15) is 23.6 Å². The van der Waals surface area contributed by atoms with Crippen LogP contribution in [0.3, 0.4) is 0 Å². The number of nitrogens with zero attached hydrogens (tertiary/aromatic N) is 1. The molecule has 0 unspecified atom stereocenters. The Bertz CT molecular complexity index is 849. The molecule has 28 heavy (non-hydrogen) atoms. The van der Waals surface area contributed by atoms with Crippen molar-refractivity contribution in [2.75, 3.05) is 13.7 Å². The van der Waals surface area contributed by atoms with Gasteiger partial charge in [0.2, 0.25) is 5.91 Å². The monoisotopic (exact) mass is 450 g/mol. The Balaban J connectivity index is 2.19. The highest BCUT2D eigenvalue weighted by molar-refractivity contribution is 9.10. The van der Waals surface area contributed by atoms with Gasteiger partial charge >= 0.3 is 0 Å². The molecule has 0 aliphatic heterocycles. The summed E-state index contributed by atoms with van der Waals surface area (Å²) in [6.45, 7) is 5.19. The Morgan fingerprint density at radius 3 is 2.39 bits per heavy atom. The van der Waals surface area contributed by atoms with Crippen LogP contribution in [0.25, 0.3) is 0 Å². The Labute approximate surface area is 173 Å². The molecule has 0 saturated carbocycles. The Kier molecular flexibility index (Phi) is 7.57. The number of benzene rings is 2. The van der Waals surface area contributed by atoms with Gasteiger partial charge in [0.25, 0.3) is 5.91 Å². The summed E-state index contributed by atoms with van der Waals surface area (Å²) in [6, 6.07) is 9.07. The quantitative estimate of drug-likeness (QED) is 0.698. The molecule has 2 amide bonds. The number of rotatable bonds is 7. The van der Waals surface area contributed by atoms with E-state index in [-0.39, 0.29) is 19.1 Å². The lowest BCUT2D eigenvalue weighted by molar-refractivity contribution is -0.142. The first-order chi connectivity index (χ1) is 13.2. The first-order valence-corrected chi connectivity index (χ1v) is 9.68. The summed E-state index contributed by atoms with van der Waals surface area (Å²) in [5.74, 6) is -0.605. The zero-order valence-corrected chi connectivity index (χ0v) is 18.0. The minimum Gasteiger partial charge on any atom is -0.484 e. The maximum atomic E-state index is 14.1. The van der Waals surface area contributed by atoms with Gasteiger partial charge in [0.15, 0.2) is 6.61 Å². The molecule has 2 aromatic rings. The van der Waals surface area contributed by atoms with Gasteiger partial charge in [0.05, 0.1) is 0 Å². The van der Waals surface area contributed by atoms with Gasteiger partial charge in [0.1, 0.15) is 17.6 Å². The van der Waals surface area contributed by atoms with E-state index >= 15 is 0 Å². The highest BCUT2D eigenvalue weighted by Gasteiger charge is 2.26. The fourth-order valence-corrected chi connectivity index (χ4v) is 3.05. The molecule has 2 rings (SSSR count). The molecular formula is C21H24BrFN2O3. The van der Waals surface area contributed by atoms with E-state index in [4.69, 9.17) is 4.74 Å². The third-order valence-electron chi connectivity index (χ3n) is 4.48. The van der Waals surface area contributed by atoms with E-state index in [9.17, 15) is 14.0 Å². The van der Waals surface area contributed by atoms with Crippen LogP contribution in [0.15, 0.2) is 40.9 Å². The second kappa shape index (κ2) is 9.68. The summed E-state index contributed by atoms with van der Waals surface area (Å²) in [6.07, 6.45) is 0. The highest BCUT2D eigenvalue weighted by Crippen LogP contribution is 2.26. The van der Waals surface area contributed by atoms with Gasteiger partial charge in [-0.1, -0.05) is 34.1 Å². The normalized spacial score (nSPS) is 11.6. The topological polar surface area (TPSA) is 58.6 Å². The number of carbonyl (C=O) groups is 2. The first kappa shape index (κ1) is 21.9. The summed E-state index contributed by atoms with van der Waals surface area (Å²) in [5, 5.41) is 2.52. The van der Waals surface area contributed by atoms with Crippen molar-refractivity contribution in [2.24, 2.45) is 0 Å². The highest BCUT2D eigenvalue weighted by atomic mass is 79.9. The molecule has 0 aromatic heterocycles. The maximum Gasteiger partial charge on any atom is 0.261 e. The van der Waals surface area contributed by atoms with Crippen molar-refractivity contribution < 1.29 is 18.7 Å². The van der Waals surface area contributed by atoms with Crippen molar-refractivity contribution in [2.45, 2.75) is 33.4 Å². The zero-order chi connectivity index (χ0) is 20.8. The second-order valence-electron chi connectivity index (χ2n) is 6.56. The lowest BCUT2D eigenvalue weighted by Gasteiger charge is -2.28. The van der Waals surface area contributed by atoms with Crippen LogP contribution in [-0.2, 0) is 16.1 Å². The molecule has 2 aromatic carbocycles. The lowest BCUT2D eigenvalue weighted by Crippen LogP contribution is -2.48. The Hall–Kier alpha value is -2.41. The maximum absolute atomic E-state index is 14.1. The van der Waals surface area contributed by atoms with Crippen molar-refractivity contribution in [1.82, 2.24) is 10.2 Å². The molecule has 5 nitrogen and oxygen atoms in total. The number of hydrogen-bond donors (Lipinski definition) is 1. The van der Waals surface area contributed by atoms with E-state index in [1.165, 1.54) is 18.0 Å². The predicted molar refractivity (Wildman–Crippen MR) is 110 cm³/mol. The molecule has 0 aliphatic carbocycles. The van der Waals surface area contributed by atoms with Gasteiger partial charge in [-0.3, -0.25) is 9.59 Å². The van der Waals surface area contributed by atoms with E-state index in [1.54, 1.807) is 25.1 Å². The number of halogens is 2. The Morgan fingerprint density at radius 1 is 1.21 bits per heavy atom. The summed E-state index contributed by atoms with van der Waals surface area (Å²) in [7, 11) is 1.49. The van der Waals surface area contributed by atoms with Crippen molar-refractivity contribution in [3.63, 3.8) is 0 Å². The van der Waals surface area contributed by atoms with Gasteiger partial charge < -0.3 is 15.0 Å². The number of nitrogens with one attached hydrogen (secondary N) is 1. The van der Waals surface area contributed by atoms with E-state index < -0.39 is 17.8 Å². The molecule has 150 valence electrons.